The standard InChI is InChI=1S/C11H17N3O4/c1-6-7(8(9(15)16)13-14(6)5)12-10(17)18-11(2,3)4/h1-5H3,(H,12,17)(H,15,16). The molecule has 0 radical (unpaired) electrons. The van der Waals surface area contributed by atoms with Gasteiger partial charge in [-0.3, -0.25) is 10.00 Å². The molecule has 18 heavy (non-hydrogen) atoms. The fourth-order valence-electron chi connectivity index (χ4n) is 1.31. The molecule has 0 saturated heterocycles. The van der Waals surface area contributed by atoms with Gasteiger partial charge in [0.15, 0.2) is 5.69 Å². The Morgan fingerprint density at radius 2 is 1.94 bits per heavy atom. The van der Waals surface area contributed by atoms with Crippen molar-refractivity contribution in [1.82, 2.24) is 9.78 Å². The van der Waals surface area contributed by atoms with Crippen LogP contribution >= 0.6 is 0 Å². The summed E-state index contributed by atoms with van der Waals surface area (Å²) in [5.41, 5.74) is -0.165. The number of nitrogens with zero attached hydrogens (tertiary/aromatic N) is 2. The van der Waals surface area contributed by atoms with E-state index in [2.05, 4.69) is 10.4 Å². The van der Waals surface area contributed by atoms with Gasteiger partial charge in [0.1, 0.15) is 11.3 Å². The van der Waals surface area contributed by atoms with Crippen LogP contribution in [0.5, 0.6) is 0 Å². The molecule has 100 valence electrons. The van der Waals surface area contributed by atoms with Gasteiger partial charge in [0.2, 0.25) is 0 Å². The minimum Gasteiger partial charge on any atom is -0.476 e. The van der Waals surface area contributed by atoms with Gasteiger partial charge in [0, 0.05) is 7.05 Å². The van der Waals surface area contributed by atoms with Gasteiger partial charge in [-0.1, -0.05) is 0 Å². The molecule has 0 aliphatic heterocycles. The van der Waals surface area contributed by atoms with Crippen LogP contribution in [-0.4, -0.2) is 32.6 Å². The Hall–Kier alpha value is -2.05. The summed E-state index contributed by atoms with van der Waals surface area (Å²) in [5.74, 6) is -1.20. The van der Waals surface area contributed by atoms with Gasteiger partial charge in [-0.15, -0.1) is 0 Å². The van der Waals surface area contributed by atoms with Crippen LogP contribution in [0.15, 0.2) is 0 Å². The van der Waals surface area contributed by atoms with Crippen molar-refractivity contribution in [1.29, 1.82) is 0 Å². The topological polar surface area (TPSA) is 93.4 Å². The lowest BCUT2D eigenvalue weighted by Gasteiger charge is -2.19. The number of rotatable bonds is 2. The van der Waals surface area contributed by atoms with E-state index in [1.165, 1.54) is 4.68 Å². The van der Waals surface area contributed by atoms with Crippen LogP contribution in [0.2, 0.25) is 0 Å². The molecular formula is C11H17N3O4. The molecule has 0 saturated carbocycles. The first-order valence-electron chi connectivity index (χ1n) is 5.38. The molecule has 0 atom stereocenters. The minimum atomic E-state index is -1.20. The van der Waals surface area contributed by atoms with Gasteiger partial charge in [-0.25, -0.2) is 9.59 Å². The summed E-state index contributed by atoms with van der Waals surface area (Å²) in [6.45, 7) is 6.83. The van der Waals surface area contributed by atoms with Crippen LogP contribution in [-0.2, 0) is 11.8 Å². The molecule has 1 aromatic heterocycles. The van der Waals surface area contributed by atoms with Crippen molar-refractivity contribution in [2.75, 3.05) is 5.32 Å². The fraction of sp³-hybridized carbons (Fsp3) is 0.545. The summed E-state index contributed by atoms with van der Waals surface area (Å²) in [4.78, 5) is 22.6. The quantitative estimate of drug-likeness (QED) is 0.840. The predicted molar refractivity (Wildman–Crippen MR) is 64.8 cm³/mol. The largest absolute Gasteiger partial charge is 0.476 e. The number of anilines is 1. The van der Waals surface area contributed by atoms with E-state index in [-0.39, 0.29) is 11.4 Å². The highest BCUT2D eigenvalue weighted by Crippen LogP contribution is 2.20. The molecule has 1 rings (SSSR count). The van der Waals surface area contributed by atoms with E-state index in [1.54, 1.807) is 34.7 Å². The monoisotopic (exact) mass is 255 g/mol. The highest BCUT2D eigenvalue weighted by atomic mass is 16.6. The van der Waals surface area contributed by atoms with Crippen LogP contribution in [0.25, 0.3) is 0 Å². The van der Waals surface area contributed by atoms with Gasteiger partial charge in [0.25, 0.3) is 0 Å². The summed E-state index contributed by atoms with van der Waals surface area (Å²) < 4.78 is 6.45. The normalized spacial score (nSPS) is 11.2. The Balaban J connectivity index is 2.97. The van der Waals surface area contributed by atoms with Gasteiger partial charge in [0.05, 0.1) is 5.69 Å². The molecule has 2 N–H and O–H groups in total. The molecule has 1 amide bonds. The molecule has 0 aliphatic rings. The van der Waals surface area contributed by atoms with Crippen molar-refractivity contribution >= 4 is 17.7 Å². The Labute approximate surface area is 105 Å². The number of hydrogen-bond acceptors (Lipinski definition) is 4. The van der Waals surface area contributed by atoms with E-state index in [0.29, 0.717) is 5.69 Å². The Bertz CT molecular complexity index is 485. The van der Waals surface area contributed by atoms with Gasteiger partial charge in [-0.2, -0.15) is 5.10 Å². The molecule has 0 unspecified atom stereocenters. The summed E-state index contributed by atoms with van der Waals surface area (Å²) >= 11 is 0. The van der Waals surface area contributed by atoms with E-state index in [1.807, 2.05) is 0 Å². The van der Waals surface area contributed by atoms with Crippen molar-refractivity contribution in [2.24, 2.45) is 7.05 Å². The molecule has 7 nitrogen and oxygen atoms in total. The maximum Gasteiger partial charge on any atom is 0.412 e. The number of carboxylic acid groups (broad SMARTS) is 1. The molecular weight excluding hydrogens is 238 g/mol. The lowest BCUT2D eigenvalue weighted by atomic mass is 10.2. The number of aryl methyl sites for hydroxylation is 1. The number of nitrogens with one attached hydrogen (secondary N) is 1. The zero-order valence-corrected chi connectivity index (χ0v) is 11.1. The van der Waals surface area contributed by atoms with Crippen LogP contribution in [0.4, 0.5) is 10.5 Å². The van der Waals surface area contributed by atoms with Gasteiger partial charge >= 0.3 is 12.1 Å². The second-order valence-electron chi connectivity index (χ2n) is 4.86. The Morgan fingerprint density at radius 1 is 1.39 bits per heavy atom. The maximum atomic E-state index is 11.6. The number of ether oxygens (including phenoxy) is 1. The van der Waals surface area contributed by atoms with E-state index in [9.17, 15) is 9.59 Å². The highest BCUT2D eigenvalue weighted by Gasteiger charge is 2.23. The first-order valence-corrected chi connectivity index (χ1v) is 5.38. The molecule has 0 fully saturated rings. The number of amides is 1. The van der Waals surface area contributed by atoms with Crippen molar-refractivity contribution in [3.05, 3.63) is 11.4 Å². The molecule has 0 aliphatic carbocycles. The number of hydrogen-bond donors (Lipinski definition) is 2. The third-order valence-electron chi connectivity index (χ3n) is 2.16. The SMILES string of the molecule is Cc1c(NC(=O)OC(C)(C)C)c(C(=O)O)nn1C. The second kappa shape index (κ2) is 4.67. The average molecular weight is 255 g/mol. The molecule has 7 heteroatoms. The van der Waals surface area contributed by atoms with Crippen LogP contribution in [0.3, 0.4) is 0 Å². The molecule has 0 bridgehead atoms. The Morgan fingerprint density at radius 3 is 2.39 bits per heavy atom. The Kier molecular flexibility index (Phi) is 3.64. The van der Waals surface area contributed by atoms with E-state index >= 15 is 0 Å². The third kappa shape index (κ3) is 3.22. The van der Waals surface area contributed by atoms with Crippen molar-refractivity contribution in [2.45, 2.75) is 33.3 Å². The lowest BCUT2D eigenvalue weighted by Crippen LogP contribution is -2.27. The fourth-order valence-corrected chi connectivity index (χ4v) is 1.31. The molecule has 1 aromatic rings. The van der Waals surface area contributed by atoms with Crippen LogP contribution in [0.1, 0.15) is 37.0 Å². The summed E-state index contributed by atoms with van der Waals surface area (Å²) in [7, 11) is 1.60. The predicted octanol–water partition coefficient (Wildman–Crippen LogP) is 1.77. The number of carbonyl (C=O) groups is 2. The number of carboxylic acids is 1. The van der Waals surface area contributed by atoms with E-state index in [0.717, 1.165) is 0 Å². The van der Waals surface area contributed by atoms with Crippen molar-refractivity contribution in [3.8, 4) is 0 Å². The highest BCUT2D eigenvalue weighted by molar-refractivity contribution is 5.98. The van der Waals surface area contributed by atoms with Crippen LogP contribution < -0.4 is 5.32 Å². The molecule has 1 heterocycles. The molecule has 0 aromatic carbocycles. The van der Waals surface area contributed by atoms with E-state index in [4.69, 9.17) is 9.84 Å². The van der Waals surface area contributed by atoms with Crippen molar-refractivity contribution < 1.29 is 19.4 Å². The zero-order chi connectivity index (χ0) is 14.1. The second-order valence-corrected chi connectivity index (χ2v) is 4.86. The van der Waals surface area contributed by atoms with Crippen molar-refractivity contribution in [3.63, 3.8) is 0 Å². The average Bonchev–Trinajstić information content (AvgIpc) is 2.43. The van der Waals surface area contributed by atoms with Gasteiger partial charge in [-0.05, 0) is 27.7 Å². The maximum absolute atomic E-state index is 11.6. The smallest absolute Gasteiger partial charge is 0.412 e. The summed E-state index contributed by atoms with van der Waals surface area (Å²) in [6, 6.07) is 0. The molecule has 0 spiro atoms. The van der Waals surface area contributed by atoms with Crippen LogP contribution in [0, 0.1) is 6.92 Å². The first-order chi connectivity index (χ1) is 8.11. The number of carbonyl (C=O) groups excluding carboxylic acids is 1. The summed E-state index contributed by atoms with van der Waals surface area (Å²) in [6.07, 6.45) is -0.707. The number of aromatic nitrogens is 2. The lowest BCUT2D eigenvalue weighted by molar-refractivity contribution is 0.0636. The third-order valence-corrected chi connectivity index (χ3v) is 2.16. The minimum absolute atomic E-state index is 0.152. The van der Waals surface area contributed by atoms with E-state index < -0.39 is 17.7 Å². The first kappa shape index (κ1) is 14.0. The number of aromatic carboxylic acids is 1. The summed E-state index contributed by atoms with van der Waals surface area (Å²) in [5, 5.41) is 15.2. The zero-order valence-electron chi connectivity index (χ0n) is 11.1. The van der Waals surface area contributed by atoms with Gasteiger partial charge < -0.3 is 9.84 Å².